The molecule has 96 valence electrons. The maximum absolute atomic E-state index is 12.6. The van der Waals surface area contributed by atoms with Gasteiger partial charge in [0.1, 0.15) is 11.6 Å². The second kappa shape index (κ2) is 5.83. The standard InChI is InChI=1S/C14H11FN2O2/c1-10-9-13(17-19-10)14(18)16-8-2-3-11-4-6-12(15)7-5-11/h4-7,9H,8H2,1H3,(H,16,18). The number of aryl methyl sites for hydroxylation is 1. The second-order valence-corrected chi connectivity index (χ2v) is 3.81. The first-order valence-corrected chi connectivity index (χ1v) is 5.61. The van der Waals surface area contributed by atoms with Gasteiger partial charge < -0.3 is 9.84 Å². The fourth-order valence-corrected chi connectivity index (χ4v) is 1.37. The fraction of sp³-hybridized carbons (Fsp3) is 0.143. The van der Waals surface area contributed by atoms with Crippen molar-refractivity contribution < 1.29 is 13.7 Å². The van der Waals surface area contributed by atoms with Crippen LogP contribution in [-0.2, 0) is 0 Å². The van der Waals surface area contributed by atoms with Gasteiger partial charge in [-0.25, -0.2) is 4.39 Å². The molecular formula is C14H11FN2O2. The molecule has 0 saturated heterocycles. The van der Waals surface area contributed by atoms with Gasteiger partial charge in [0, 0.05) is 11.6 Å². The molecule has 1 aromatic heterocycles. The summed E-state index contributed by atoms with van der Waals surface area (Å²) in [7, 11) is 0. The highest BCUT2D eigenvalue weighted by atomic mass is 19.1. The van der Waals surface area contributed by atoms with E-state index >= 15 is 0 Å². The predicted molar refractivity (Wildman–Crippen MR) is 66.9 cm³/mol. The first kappa shape index (κ1) is 12.8. The number of rotatable bonds is 2. The van der Waals surface area contributed by atoms with Crippen molar-refractivity contribution in [3.63, 3.8) is 0 Å². The van der Waals surface area contributed by atoms with Crippen molar-refractivity contribution in [1.82, 2.24) is 10.5 Å². The summed E-state index contributed by atoms with van der Waals surface area (Å²) >= 11 is 0. The van der Waals surface area contributed by atoms with Crippen LogP contribution in [0.25, 0.3) is 0 Å². The highest BCUT2D eigenvalue weighted by Crippen LogP contribution is 2.01. The van der Waals surface area contributed by atoms with Crippen LogP contribution in [0.4, 0.5) is 4.39 Å². The predicted octanol–water partition coefficient (Wildman–Crippen LogP) is 1.90. The lowest BCUT2D eigenvalue weighted by atomic mass is 10.2. The zero-order valence-electron chi connectivity index (χ0n) is 10.2. The first-order valence-electron chi connectivity index (χ1n) is 5.61. The average Bonchev–Trinajstić information content (AvgIpc) is 2.83. The normalized spacial score (nSPS) is 9.58. The lowest BCUT2D eigenvalue weighted by molar-refractivity contribution is 0.0949. The molecule has 2 aromatic rings. The number of benzene rings is 1. The van der Waals surface area contributed by atoms with Gasteiger partial charge in [0.2, 0.25) is 0 Å². The Morgan fingerprint density at radius 3 is 2.79 bits per heavy atom. The van der Waals surface area contributed by atoms with Gasteiger partial charge in [-0.05, 0) is 31.2 Å². The van der Waals surface area contributed by atoms with Crippen molar-refractivity contribution in [3.8, 4) is 11.8 Å². The maximum atomic E-state index is 12.6. The smallest absolute Gasteiger partial charge is 0.274 e. The number of hydrogen-bond donors (Lipinski definition) is 1. The molecule has 4 nitrogen and oxygen atoms in total. The Labute approximate surface area is 109 Å². The molecule has 2 rings (SSSR count). The van der Waals surface area contributed by atoms with Crippen LogP contribution in [0.2, 0.25) is 0 Å². The van der Waals surface area contributed by atoms with Crippen molar-refractivity contribution in [3.05, 3.63) is 53.2 Å². The van der Waals surface area contributed by atoms with Gasteiger partial charge in [-0.1, -0.05) is 17.0 Å². The molecule has 1 aromatic carbocycles. The molecule has 0 fully saturated rings. The van der Waals surface area contributed by atoms with Crippen molar-refractivity contribution in [2.75, 3.05) is 6.54 Å². The first-order chi connectivity index (χ1) is 9.15. The molecule has 19 heavy (non-hydrogen) atoms. The van der Waals surface area contributed by atoms with Crippen molar-refractivity contribution in [2.24, 2.45) is 0 Å². The van der Waals surface area contributed by atoms with Gasteiger partial charge in [0.15, 0.2) is 5.69 Å². The van der Waals surface area contributed by atoms with Crippen molar-refractivity contribution >= 4 is 5.91 Å². The van der Waals surface area contributed by atoms with Crippen LogP contribution in [0, 0.1) is 24.6 Å². The number of nitrogens with zero attached hydrogens (tertiary/aromatic N) is 1. The van der Waals surface area contributed by atoms with E-state index < -0.39 is 0 Å². The summed E-state index contributed by atoms with van der Waals surface area (Å²) in [6.45, 7) is 1.89. The van der Waals surface area contributed by atoms with Gasteiger partial charge in [-0.2, -0.15) is 0 Å². The summed E-state index contributed by atoms with van der Waals surface area (Å²) in [4.78, 5) is 11.6. The molecule has 0 aliphatic carbocycles. The minimum atomic E-state index is -0.342. The Balaban J connectivity index is 1.87. The molecule has 0 atom stereocenters. The summed E-state index contributed by atoms with van der Waals surface area (Å²) in [6, 6.07) is 7.36. The van der Waals surface area contributed by atoms with E-state index in [-0.39, 0.29) is 24.0 Å². The van der Waals surface area contributed by atoms with Gasteiger partial charge in [-0.15, -0.1) is 0 Å². The van der Waals surface area contributed by atoms with Crippen LogP contribution < -0.4 is 5.32 Å². The topological polar surface area (TPSA) is 55.1 Å². The van der Waals surface area contributed by atoms with Crippen LogP contribution >= 0.6 is 0 Å². The Morgan fingerprint density at radius 1 is 1.42 bits per heavy atom. The molecule has 0 aliphatic rings. The lowest BCUT2D eigenvalue weighted by Gasteiger charge is -1.95. The van der Waals surface area contributed by atoms with Crippen LogP contribution in [-0.4, -0.2) is 17.6 Å². The van der Waals surface area contributed by atoms with Gasteiger partial charge >= 0.3 is 0 Å². The minimum absolute atomic E-state index is 0.183. The third-order valence-corrected chi connectivity index (χ3v) is 2.27. The van der Waals surface area contributed by atoms with E-state index in [4.69, 9.17) is 4.52 Å². The molecule has 0 saturated carbocycles. The molecule has 0 aliphatic heterocycles. The summed E-state index contributed by atoms with van der Waals surface area (Å²) < 4.78 is 17.4. The number of hydrogen-bond acceptors (Lipinski definition) is 3. The van der Waals surface area contributed by atoms with E-state index in [1.807, 2.05) is 0 Å². The summed E-state index contributed by atoms with van der Waals surface area (Å²) in [5.41, 5.74) is 0.911. The van der Waals surface area contributed by atoms with Crippen molar-refractivity contribution in [1.29, 1.82) is 0 Å². The minimum Gasteiger partial charge on any atom is -0.361 e. The zero-order chi connectivity index (χ0) is 13.7. The Hall–Kier alpha value is -2.61. The fourth-order valence-electron chi connectivity index (χ4n) is 1.37. The average molecular weight is 258 g/mol. The number of halogens is 1. The van der Waals surface area contributed by atoms with E-state index in [2.05, 4.69) is 22.3 Å². The Morgan fingerprint density at radius 2 is 2.16 bits per heavy atom. The monoisotopic (exact) mass is 258 g/mol. The Bertz CT molecular complexity index is 635. The third-order valence-electron chi connectivity index (χ3n) is 2.27. The van der Waals surface area contributed by atoms with Crippen LogP contribution in [0.3, 0.4) is 0 Å². The van der Waals surface area contributed by atoms with Crippen LogP contribution in [0.5, 0.6) is 0 Å². The molecule has 0 spiro atoms. The highest BCUT2D eigenvalue weighted by Gasteiger charge is 2.08. The van der Waals surface area contributed by atoms with Gasteiger partial charge in [0.05, 0.1) is 6.54 Å². The quantitative estimate of drug-likeness (QED) is 0.837. The number of carbonyl (C=O) groups is 1. The maximum Gasteiger partial charge on any atom is 0.274 e. The summed E-state index contributed by atoms with van der Waals surface area (Å²) in [5, 5.41) is 6.17. The number of amides is 1. The second-order valence-electron chi connectivity index (χ2n) is 3.81. The zero-order valence-corrected chi connectivity index (χ0v) is 10.2. The highest BCUT2D eigenvalue weighted by molar-refractivity contribution is 5.92. The van der Waals surface area contributed by atoms with E-state index in [0.717, 1.165) is 0 Å². The molecule has 1 amide bonds. The lowest BCUT2D eigenvalue weighted by Crippen LogP contribution is -2.23. The van der Waals surface area contributed by atoms with Crippen LogP contribution in [0.15, 0.2) is 34.9 Å². The largest absolute Gasteiger partial charge is 0.361 e. The van der Waals surface area contributed by atoms with E-state index in [1.54, 1.807) is 25.1 Å². The Kier molecular flexibility index (Phi) is 3.94. The molecule has 1 N–H and O–H groups in total. The van der Waals surface area contributed by atoms with E-state index in [9.17, 15) is 9.18 Å². The molecule has 0 unspecified atom stereocenters. The molecule has 0 bridgehead atoms. The van der Waals surface area contributed by atoms with E-state index in [1.165, 1.54) is 12.1 Å². The number of aromatic nitrogens is 1. The number of nitrogens with one attached hydrogen (secondary N) is 1. The van der Waals surface area contributed by atoms with E-state index in [0.29, 0.717) is 11.3 Å². The third kappa shape index (κ3) is 3.68. The van der Waals surface area contributed by atoms with Crippen molar-refractivity contribution in [2.45, 2.75) is 6.92 Å². The van der Waals surface area contributed by atoms with Crippen LogP contribution in [0.1, 0.15) is 21.8 Å². The summed E-state index contributed by atoms with van der Waals surface area (Å²) in [6.07, 6.45) is 0. The van der Waals surface area contributed by atoms with Gasteiger partial charge in [-0.3, -0.25) is 4.79 Å². The molecule has 5 heteroatoms. The molecule has 1 heterocycles. The van der Waals surface area contributed by atoms with Gasteiger partial charge in [0.25, 0.3) is 5.91 Å². The molecular weight excluding hydrogens is 247 g/mol. The number of carbonyl (C=O) groups excluding carboxylic acids is 1. The summed E-state index contributed by atoms with van der Waals surface area (Å²) in [5.74, 6) is 5.50. The SMILES string of the molecule is Cc1cc(C(=O)NCC#Cc2ccc(F)cc2)no1. The molecule has 0 radical (unpaired) electrons.